The van der Waals surface area contributed by atoms with Crippen molar-refractivity contribution >= 4 is 44.2 Å². The molecule has 37 heavy (non-hydrogen) atoms. The molecule has 0 aromatic heterocycles. The Labute approximate surface area is 225 Å². The second kappa shape index (κ2) is 9.82. The molecule has 2 amide bonds. The summed E-state index contributed by atoms with van der Waals surface area (Å²) in [4.78, 5) is 28.8. The molecule has 0 bridgehead atoms. The summed E-state index contributed by atoms with van der Waals surface area (Å²) < 4.78 is 11.8. The minimum Gasteiger partial charge on any atom is -0.493 e. The maximum atomic E-state index is 13.5. The molecule has 0 spiro atoms. The molecule has 0 aliphatic carbocycles. The van der Waals surface area contributed by atoms with Crippen molar-refractivity contribution in [2.24, 2.45) is 10.5 Å². The highest BCUT2D eigenvalue weighted by atomic mass is 79.9. The molecule has 1 saturated heterocycles. The summed E-state index contributed by atoms with van der Waals surface area (Å²) in [5, 5.41) is 8.42. The van der Waals surface area contributed by atoms with Crippen LogP contribution in [0.15, 0.2) is 64.2 Å². The zero-order valence-electron chi connectivity index (χ0n) is 21.5. The first-order chi connectivity index (χ1) is 17.8. The largest absolute Gasteiger partial charge is 0.493 e. The third-order valence-corrected chi connectivity index (χ3v) is 8.09. The molecule has 192 valence electrons. The van der Waals surface area contributed by atoms with Gasteiger partial charge in [-0.15, -0.1) is 0 Å². The third kappa shape index (κ3) is 4.37. The zero-order valence-corrected chi connectivity index (χ0v) is 23.0. The van der Waals surface area contributed by atoms with Gasteiger partial charge >= 0.3 is 0 Å². The number of fused-ring (bicyclic) bond motifs is 1. The molecular weight excluding hydrogens is 534 g/mol. The number of rotatable bonds is 5. The van der Waals surface area contributed by atoms with Gasteiger partial charge in [0.25, 0.3) is 11.8 Å². The lowest BCUT2D eigenvalue weighted by atomic mass is 9.83. The van der Waals surface area contributed by atoms with Crippen LogP contribution >= 0.6 is 15.9 Å². The van der Waals surface area contributed by atoms with E-state index in [0.717, 1.165) is 20.8 Å². The van der Waals surface area contributed by atoms with Gasteiger partial charge in [0.05, 0.1) is 31.4 Å². The van der Waals surface area contributed by atoms with Crippen LogP contribution < -0.4 is 9.47 Å². The third-order valence-electron chi connectivity index (χ3n) is 7.40. The second-order valence-corrected chi connectivity index (χ2v) is 10.8. The number of benzene rings is 3. The van der Waals surface area contributed by atoms with Crippen molar-refractivity contribution in [3.05, 3.63) is 70.2 Å². The monoisotopic (exact) mass is 563 g/mol. The van der Waals surface area contributed by atoms with Gasteiger partial charge < -0.3 is 14.4 Å². The van der Waals surface area contributed by atoms with E-state index in [1.807, 2.05) is 73.3 Å². The quantitative estimate of drug-likeness (QED) is 0.411. The lowest BCUT2D eigenvalue weighted by molar-refractivity contribution is -0.137. The van der Waals surface area contributed by atoms with Crippen molar-refractivity contribution < 1.29 is 19.1 Å². The highest BCUT2D eigenvalue weighted by Gasteiger charge is 2.47. The standard InChI is InChI=1S/C29H30BrN3O4/c1-29(2)26(18-11-12-24(36-3)25(17-18)37-4)31-33(28(29)35)19-13-15-32(16-14-19)27(34)22-9-5-8-21-20(22)7-6-10-23(21)30/h5-12,17,19H,13-16H2,1-4H3. The van der Waals surface area contributed by atoms with Gasteiger partial charge in [-0.25, -0.2) is 5.01 Å². The molecule has 2 aliphatic rings. The van der Waals surface area contributed by atoms with E-state index in [4.69, 9.17) is 14.6 Å². The number of hydrogen-bond donors (Lipinski definition) is 0. The van der Waals surface area contributed by atoms with Gasteiger partial charge in [-0.2, -0.15) is 5.10 Å². The van der Waals surface area contributed by atoms with Crippen LogP contribution in [-0.2, 0) is 4.79 Å². The van der Waals surface area contributed by atoms with Crippen molar-refractivity contribution in [1.82, 2.24) is 9.91 Å². The Morgan fingerprint density at radius 2 is 1.65 bits per heavy atom. The van der Waals surface area contributed by atoms with E-state index in [2.05, 4.69) is 15.9 Å². The molecule has 1 fully saturated rings. The van der Waals surface area contributed by atoms with Gasteiger partial charge in [0.15, 0.2) is 11.5 Å². The smallest absolute Gasteiger partial charge is 0.254 e. The summed E-state index contributed by atoms with van der Waals surface area (Å²) in [7, 11) is 3.18. The van der Waals surface area contributed by atoms with E-state index in [0.29, 0.717) is 48.7 Å². The Kier molecular flexibility index (Phi) is 6.70. The van der Waals surface area contributed by atoms with Gasteiger partial charge in [-0.05, 0) is 67.8 Å². The molecule has 3 aromatic carbocycles. The van der Waals surface area contributed by atoms with Crippen molar-refractivity contribution in [3.8, 4) is 11.5 Å². The first kappa shape index (κ1) is 25.3. The summed E-state index contributed by atoms with van der Waals surface area (Å²) in [6.45, 7) is 4.95. The molecule has 5 rings (SSSR count). The van der Waals surface area contributed by atoms with Crippen LogP contribution in [0.4, 0.5) is 0 Å². The van der Waals surface area contributed by atoms with E-state index in [1.54, 1.807) is 19.2 Å². The maximum absolute atomic E-state index is 13.5. The molecule has 0 N–H and O–H groups in total. The fourth-order valence-corrected chi connectivity index (χ4v) is 5.76. The maximum Gasteiger partial charge on any atom is 0.254 e. The Balaban J connectivity index is 1.35. The average Bonchev–Trinajstić information content (AvgIpc) is 3.16. The zero-order chi connectivity index (χ0) is 26.3. The van der Waals surface area contributed by atoms with Gasteiger partial charge in [0, 0.05) is 28.7 Å². The SMILES string of the molecule is COc1ccc(C2=NN(C3CCN(C(=O)c4cccc5c(Br)cccc45)CC3)C(=O)C2(C)C)cc1OC. The van der Waals surface area contributed by atoms with E-state index < -0.39 is 5.41 Å². The van der Waals surface area contributed by atoms with E-state index in [9.17, 15) is 9.59 Å². The highest BCUT2D eigenvalue weighted by Crippen LogP contribution is 2.38. The van der Waals surface area contributed by atoms with E-state index in [1.165, 1.54) is 0 Å². The predicted octanol–water partition coefficient (Wildman–Crippen LogP) is 5.50. The molecular formula is C29H30BrN3O4. The van der Waals surface area contributed by atoms with Crippen LogP contribution in [0.25, 0.3) is 10.8 Å². The molecule has 0 atom stereocenters. The fourth-order valence-electron chi connectivity index (χ4n) is 5.26. The van der Waals surface area contributed by atoms with Crippen LogP contribution in [-0.4, -0.2) is 60.8 Å². The van der Waals surface area contributed by atoms with Gasteiger partial charge in [-0.1, -0.05) is 40.2 Å². The number of likely N-dealkylation sites (tertiary alicyclic amines) is 1. The Morgan fingerprint density at radius 1 is 0.973 bits per heavy atom. The number of amides is 2. The summed E-state index contributed by atoms with van der Waals surface area (Å²) >= 11 is 3.59. The minimum absolute atomic E-state index is 0.0183. The first-order valence-electron chi connectivity index (χ1n) is 12.4. The molecule has 0 unspecified atom stereocenters. The normalized spacial score (nSPS) is 17.8. The molecule has 3 aromatic rings. The summed E-state index contributed by atoms with van der Waals surface area (Å²) in [6.07, 6.45) is 1.34. The molecule has 0 saturated carbocycles. The summed E-state index contributed by atoms with van der Waals surface area (Å²) in [6, 6.07) is 17.3. The number of hydrazone groups is 1. The van der Waals surface area contributed by atoms with E-state index >= 15 is 0 Å². The van der Waals surface area contributed by atoms with Crippen molar-refractivity contribution in [1.29, 1.82) is 0 Å². The van der Waals surface area contributed by atoms with Gasteiger partial charge in [0.2, 0.25) is 0 Å². The minimum atomic E-state index is -0.775. The fraction of sp³-hybridized carbons (Fsp3) is 0.345. The number of carbonyl (C=O) groups excluding carboxylic acids is 2. The lowest BCUT2D eigenvalue weighted by Gasteiger charge is -2.35. The number of ether oxygens (including phenoxy) is 2. The molecule has 7 nitrogen and oxygen atoms in total. The molecule has 2 heterocycles. The number of methoxy groups -OCH3 is 2. The van der Waals surface area contributed by atoms with Crippen LogP contribution in [0.1, 0.15) is 42.6 Å². The predicted molar refractivity (Wildman–Crippen MR) is 147 cm³/mol. The Bertz CT molecular complexity index is 1410. The molecule has 2 aliphatic heterocycles. The molecule has 0 radical (unpaired) electrons. The molecule has 8 heteroatoms. The number of halogens is 1. The van der Waals surface area contributed by atoms with Crippen molar-refractivity contribution in [2.75, 3.05) is 27.3 Å². The van der Waals surface area contributed by atoms with Crippen LogP contribution in [0.2, 0.25) is 0 Å². The van der Waals surface area contributed by atoms with E-state index in [-0.39, 0.29) is 17.9 Å². The number of carbonyl (C=O) groups is 2. The van der Waals surface area contributed by atoms with Crippen LogP contribution in [0, 0.1) is 5.41 Å². The van der Waals surface area contributed by atoms with Crippen LogP contribution in [0.3, 0.4) is 0 Å². The van der Waals surface area contributed by atoms with Gasteiger partial charge in [0.1, 0.15) is 0 Å². The Hall–Kier alpha value is -3.39. The number of piperidine rings is 1. The Morgan fingerprint density at radius 3 is 2.35 bits per heavy atom. The van der Waals surface area contributed by atoms with Gasteiger partial charge in [-0.3, -0.25) is 9.59 Å². The van der Waals surface area contributed by atoms with Crippen molar-refractivity contribution in [2.45, 2.75) is 32.7 Å². The second-order valence-electron chi connectivity index (χ2n) is 9.96. The topological polar surface area (TPSA) is 71.4 Å². The highest BCUT2D eigenvalue weighted by molar-refractivity contribution is 9.10. The summed E-state index contributed by atoms with van der Waals surface area (Å²) in [5.41, 5.74) is 1.46. The lowest BCUT2D eigenvalue weighted by Crippen LogP contribution is -2.47. The van der Waals surface area contributed by atoms with Crippen LogP contribution in [0.5, 0.6) is 11.5 Å². The first-order valence-corrected chi connectivity index (χ1v) is 13.2. The number of hydrogen-bond acceptors (Lipinski definition) is 5. The summed E-state index contributed by atoms with van der Waals surface area (Å²) in [5.74, 6) is 1.21. The van der Waals surface area contributed by atoms with Crippen molar-refractivity contribution in [3.63, 3.8) is 0 Å². The number of nitrogens with zero attached hydrogens (tertiary/aromatic N) is 3. The average molecular weight is 564 g/mol.